The summed E-state index contributed by atoms with van der Waals surface area (Å²) in [7, 11) is -4.23. The van der Waals surface area contributed by atoms with E-state index in [-0.39, 0.29) is 39.1 Å². The number of carbonyl (C=O) groups is 2. The number of anilines is 1. The first-order chi connectivity index (χ1) is 18.8. The van der Waals surface area contributed by atoms with E-state index in [9.17, 15) is 18.0 Å². The third-order valence-corrected chi connectivity index (χ3v) is 8.93. The predicted octanol–water partition coefficient (Wildman–Crippen LogP) is 6.48. The van der Waals surface area contributed by atoms with Gasteiger partial charge in [-0.2, -0.15) is 0 Å². The summed E-state index contributed by atoms with van der Waals surface area (Å²) in [6.45, 7) is 6.72. The minimum Gasteiger partial charge on any atom is -0.352 e. The molecule has 0 radical (unpaired) electrons. The lowest BCUT2D eigenvalue weighted by Crippen LogP contribution is -2.52. The second kappa shape index (κ2) is 13.7. The number of carbonyl (C=O) groups excluding carboxylic acids is 2. The van der Waals surface area contributed by atoms with E-state index < -0.39 is 28.5 Å². The van der Waals surface area contributed by atoms with Crippen LogP contribution in [-0.4, -0.2) is 43.8 Å². The first-order valence-electron chi connectivity index (χ1n) is 12.7. The van der Waals surface area contributed by atoms with Crippen LogP contribution in [0.15, 0.2) is 71.6 Å². The van der Waals surface area contributed by atoms with Crippen molar-refractivity contribution in [2.75, 3.05) is 10.8 Å². The number of amides is 2. The third-order valence-electron chi connectivity index (χ3n) is 6.46. The number of halogens is 3. The molecule has 0 fully saturated rings. The van der Waals surface area contributed by atoms with Gasteiger partial charge < -0.3 is 10.2 Å². The first kappa shape index (κ1) is 31.7. The van der Waals surface area contributed by atoms with E-state index in [1.807, 2.05) is 20.8 Å². The molecule has 1 N–H and O–H groups in total. The number of sulfonamides is 1. The summed E-state index contributed by atoms with van der Waals surface area (Å²) >= 11 is 18.5. The van der Waals surface area contributed by atoms with Gasteiger partial charge in [0.05, 0.1) is 10.6 Å². The van der Waals surface area contributed by atoms with E-state index in [1.54, 1.807) is 43.3 Å². The van der Waals surface area contributed by atoms with Gasteiger partial charge in [0.2, 0.25) is 11.8 Å². The molecule has 7 nitrogen and oxygen atoms in total. The Morgan fingerprint density at radius 1 is 0.875 bits per heavy atom. The fourth-order valence-electron chi connectivity index (χ4n) is 3.88. The summed E-state index contributed by atoms with van der Waals surface area (Å²) in [6.07, 6.45) is 0.710. The molecule has 0 spiro atoms. The van der Waals surface area contributed by atoms with E-state index in [0.717, 1.165) is 15.4 Å². The Bertz CT molecular complexity index is 1430. The molecule has 3 aromatic carbocycles. The van der Waals surface area contributed by atoms with E-state index in [0.29, 0.717) is 11.4 Å². The Morgan fingerprint density at radius 3 is 2.00 bits per heavy atom. The molecule has 0 aromatic heterocycles. The number of rotatable bonds is 11. The van der Waals surface area contributed by atoms with Crippen molar-refractivity contribution < 1.29 is 18.0 Å². The second-order valence-electron chi connectivity index (χ2n) is 9.59. The Balaban J connectivity index is 2.05. The number of hydrogen-bond acceptors (Lipinski definition) is 4. The van der Waals surface area contributed by atoms with Gasteiger partial charge in [-0.05, 0) is 75.2 Å². The van der Waals surface area contributed by atoms with Gasteiger partial charge in [0, 0.05) is 27.7 Å². The fraction of sp³-hybridized carbons (Fsp3) is 0.310. The van der Waals surface area contributed by atoms with E-state index in [4.69, 9.17) is 34.8 Å². The lowest BCUT2D eigenvalue weighted by atomic mass is 10.1. The monoisotopic (exact) mass is 623 g/mol. The molecule has 214 valence electrons. The predicted molar refractivity (Wildman–Crippen MR) is 162 cm³/mol. The molecule has 11 heteroatoms. The molecule has 0 saturated heterocycles. The van der Waals surface area contributed by atoms with Crippen LogP contribution in [0, 0.1) is 6.92 Å². The zero-order valence-corrected chi connectivity index (χ0v) is 25.8. The molecule has 2 amide bonds. The molecule has 0 heterocycles. The Labute approximate surface area is 251 Å². The molecule has 2 unspecified atom stereocenters. The van der Waals surface area contributed by atoms with E-state index >= 15 is 0 Å². The lowest BCUT2D eigenvalue weighted by molar-refractivity contribution is -0.139. The number of nitrogens with one attached hydrogen (secondary N) is 1. The fourth-order valence-corrected chi connectivity index (χ4v) is 5.92. The number of nitrogens with zero attached hydrogens (tertiary/aromatic N) is 2. The maximum absolute atomic E-state index is 13.9. The highest BCUT2D eigenvalue weighted by Crippen LogP contribution is 2.30. The third kappa shape index (κ3) is 8.13. The maximum Gasteiger partial charge on any atom is 0.264 e. The van der Waals surface area contributed by atoms with Gasteiger partial charge in [-0.1, -0.05) is 71.6 Å². The van der Waals surface area contributed by atoms with Crippen molar-refractivity contribution >= 4 is 62.3 Å². The molecule has 0 bridgehead atoms. The quantitative estimate of drug-likeness (QED) is 0.265. The van der Waals surface area contributed by atoms with Gasteiger partial charge in [0.25, 0.3) is 10.0 Å². The SMILES string of the molecule is CCC(C)NC(=O)C(C)N(Cc1ccc(Cl)cc1)C(=O)CN(c1cc(Cl)cc(Cl)c1)S(=O)(=O)c1ccc(C)cc1. The normalized spacial score (nSPS) is 12.9. The summed E-state index contributed by atoms with van der Waals surface area (Å²) in [6, 6.07) is 16.5. The molecule has 0 aliphatic heterocycles. The minimum atomic E-state index is -4.23. The van der Waals surface area contributed by atoms with Gasteiger partial charge in [0.15, 0.2) is 0 Å². The van der Waals surface area contributed by atoms with Crippen LogP contribution in [0.5, 0.6) is 0 Å². The zero-order valence-electron chi connectivity index (χ0n) is 22.7. The lowest BCUT2D eigenvalue weighted by Gasteiger charge is -2.32. The van der Waals surface area contributed by atoms with Gasteiger partial charge in [-0.25, -0.2) is 8.42 Å². The smallest absolute Gasteiger partial charge is 0.264 e. The Hall–Kier alpha value is -2.78. The summed E-state index contributed by atoms with van der Waals surface area (Å²) in [5.74, 6) is -0.941. The van der Waals surface area contributed by atoms with Gasteiger partial charge in [-0.15, -0.1) is 0 Å². The van der Waals surface area contributed by atoms with Crippen LogP contribution in [0.2, 0.25) is 15.1 Å². The van der Waals surface area contributed by atoms with Crippen LogP contribution in [-0.2, 0) is 26.2 Å². The van der Waals surface area contributed by atoms with Crippen LogP contribution in [0.1, 0.15) is 38.3 Å². The van der Waals surface area contributed by atoms with E-state index in [2.05, 4.69) is 5.32 Å². The molecule has 0 aliphatic rings. The van der Waals surface area contributed by atoms with Crippen molar-refractivity contribution in [3.63, 3.8) is 0 Å². The van der Waals surface area contributed by atoms with Gasteiger partial charge in [-0.3, -0.25) is 13.9 Å². The standard InChI is InChI=1S/C29H32Cl3N3O4S/c1-5-20(3)33-29(37)21(4)34(17-22-8-10-23(30)11-9-22)28(36)18-35(26-15-24(31)14-25(32)16-26)40(38,39)27-12-6-19(2)7-13-27/h6-16,20-21H,5,17-18H2,1-4H3,(H,33,37). The molecule has 0 saturated carbocycles. The first-order valence-corrected chi connectivity index (χ1v) is 15.3. The molecule has 2 atom stereocenters. The van der Waals surface area contributed by atoms with Crippen molar-refractivity contribution in [1.82, 2.24) is 10.2 Å². The average Bonchev–Trinajstić information content (AvgIpc) is 2.90. The summed E-state index contributed by atoms with van der Waals surface area (Å²) in [5, 5.41) is 3.84. The van der Waals surface area contributed by atoms with Gasteiger partial charge >= 0.3 is 0 Å². The molecular weight excluding hydrogens is 593 g/mol. The van der Waals surface area contributed by atoms with Gasteiger partial charge in [0.1, 0.15) is 12.6 Å². The molecule has 0 aliphatic carbocycles. The van der Waals surface area contributed by atoms with Crippen LogP contribution in [0.4, 0.5) is 5.69 Å². The Kier molecular flexibility index (Phi) is 10.9. The van der Waals surface area contributed by atoms with Crippen LogP contribution in [0.3, 0.4) is 0 Å². The van der Waals surface area contributed by atoms with E-state index in [1.165, 1.54) is 35.2 Å². The number of benzene rings is 3. The highest BCUT2D eigenvalue weighted by atomic mass is 35.5. The van der Waals surface area contributed by atoms with Crippen LogP contribution in [0.25, 0.3) is 0 Å². The highest BCUT2D eigenvalue weighted by molar-refractivity contribution is 7.92. The second-order valence-corrected chi connectivity index (χ2v) is 12.8. The van der Waals surface area contributed by atoms with Crippen molar-refractivity contribution in [1.29, 1.82) is 0 Å². The molecule has 3 rings (SSSR count). The molecule has 3 aromatic rings. The Morgan fingerprint density at radius 2 is 1.45 bits per heavy atom. The highest BCUT2D eigenvalue weighted by Gasteiger charge is 2.33. The van der Waals surface area contributed by atoms with Crippen LogP contribution < -0.4 is 9.62 Å². The van der Waals surface area contributed by atoms with Crippen LogP contribution >= 0.6 is 34.8 Å². The molecule has 40 heavy (non-hydrogen) atoms. The van der Waals surface area contributed by atoms with Crippen molar-refractivity contribution in [2.45, 2.75) is 57.6 Å². The summed E-state index contributed by atoms with van der Waals surface area (Å²) in [5.41, 5.74) is 1.72. The minimum absolute atomic E-state index is 0.00573. The largest absolute Gasteiger partial charge is 0.352 e. The van der Waals surface area contributed by atoms with Crippen molar-refractivity contribution in [3.05, 3.63) is 92.9 Å². The number of hydrogen-bond donors (Lipinski definition) is 1. The number of aryl methyl sites for hydroxylation is 1. The zero-order chi connectivity index (χ0) is 29.6. The molecular formula is C29H32Cl3N3O4S. The topological polar surface area (TPSA) is 86.8 Å². The summed E-state index contributed by atoms with van der Waals surface area (Å²) in [4.78, 5) is 28.4. The maximum atomic E-state index is 13.9. The summed E-state index contributed by atoms with van der Waals surface area (Å²) < 4.78 is 28.7. The average molecular weight is 625 g/mol. The van der Waals surface area contributed by atoms with Crippen molar-refractivity contribution in [2.24, 2.45) is 0 Å². The van der Waals surface area contributed by atoms with Crippen molar-refractivity contribution in [3.8, 4) is 0 Å².